The lowest BCUT2D eigenvalue weighted by molar-refractivity contribution is -0.146. The molecule has 0 bridgehead atoms. The Morgan fingerprint density at radius 1 is 1.00 bits per heavy atom. The van der Waals surface area contributed by atoms with Crippen molar-refractivity contribution in [3.8, 4) is 16.9 Å². The van der Waals surface area contributed by atoms with Crippen LogP contribution in [0.25, 0.3) is 11.1 Å². The lowest BCUT2D eigenvalue weighted by atomic mass is 10.0. The second-order valence-corrected chi connectivity index (χ2v) is 5.65. The van der Waals surface area contributed by atoms with Gasteiger partial charge in [-0.15, -0.1) is 0 Å². The fraction of sp³-hybridized carbons (Fsp3) is 0.263. The Kier molecular flexibility index (Phi) is 6.53. The topological polar surface area (TPSA) is 52.6 Å². The predicted molar refractivity (Wildman–Crippen MR) is 93.4 cm³/mol. The molecule has 2 rings (SSSR count). The molecular weight excluding hydrogens is 328 g/mol. The zero-order chi connectivity index (χ0) is 17.5. The van der Waals surface area contributed by atoms with Gasteiger partial charge in [-0.3, -0.25) is 4.79 Å². The van der Waals surface area contributed by atoms with E-state index in [1.54, 1.807) is 31.2 Å². The van der Waals surface area contributed by atoms with Crippen molar-refractivity contribution in [2.45, 2.75) is 26.4 Å². The molecule has 5 heteroatoms. The smallest absolute Gasteiger partial charge is 0.340 e. The molecular formula is C19H19ClO4. The summed E-state index contributed by atoms with van der Waals surface area (Å²) in [4.78, 5) is 23.0. The van der Waals surface area contributed by atoms with E-state index in [1.165, 1.54) is 0 Å². The van der Waals surface area contributed by atoms with Gasteiger partial charge < -0.3 is 9.47 Å². The van der Waals surface area contributed by atoms with Crippen LogP contribution in [0.3, 0.4) is 0 Å². The number of halogens is 1. The second kappa shape index (κ2) is 8.62. The van der Waals surface area contributed by atoms with Gasteiger partial charge in [-0.25, -0.2) is 4.79 Å². The van der Waals surface area contributed by atoms with Gasteiger partial charge in [0.2, 0.25) is 0 Å². The van der Waals surface area contributed by atoms with Crippen molar-refractivity contribution in [2.24, 2.45) is 0 Å². The molecule has 0 aliphatic heterocycles. The molecule has 1 atom stereocenters. The summed E-state index contributed by atoms with van der Waals surface area (Å²) in [5.41, 5.74) is 2.33. The maximum absolute atomic E-state index is 11.9. The van der Waals surface area contributed by atoms with E-state index in [-0.39, 0.29) is 0 Å². The van der Waals surface area contributed by atoms with E-state index in [0.717, 1.165) is 17.5 Å². The van der Waals surface area contributed by atoms with E-state index in [1.807, 2.05) is 31.2 Å². The molecule has 0 saturated heterocycles. The molecule has 0 unspecified atom stereocenters. The van der Waals surface area contributed by atoms with E-state index in [4.69, 9.17) is 21.1 Å². The average molecular weight is 347 g/mol. The molecule has 24 heavy (non-hydrogen) atoms. The highest BCUT2D eigenvalue weighted by Crippen LogP contribution is 2.23. The molecule has 0 amide bonds. The van der Waals surface area contributed by atoms with Gasteiger partial charge in [0.25, 0.3) is 5.24 Å². The van der Waals surface area contributed by atoms with Crippen LogP contribution in [0.15, 0.2) is 48.5 Å². The lowest BCUT2D eigenvalue weighted by Gasteiger charge is -2.12. The van der Waals surface area contributed by atoms with Crippen LogP contribution in [0.1, 0.15) is 30.6 Å². The molecule has 0 N–H and O–H groups in total. The highest BCUT2D eigenvalue weighted by Gasteiger charge is 2.15. The largest absolute Gasteiger partial charge is 0.425 e. The van der Waals surface area contributed by atoms with E-state index in [9.17, 15) is 9.59 Å². The molecule has 0 spiro atoms. The molecule has 126 valence electrons. The van der Waals surface area contributed by atoms with E-state index < -0.39 is 17.3 Å². The van der Waals surface area contributed by atoms with Crippen molar-refractivity contribution in [1.82, 2.24) is 0 Å². The van der Waals surface area contributed by atoms with Gasteiger partial charge in [0.15, 0.2) is 6.10 Å². The van der Waals surface area contributed by atoms with E-state index in [2.05, 4.69) is 0 Å². The number of benzene rings is 2. The molecule has 4 nitrogen and oxygen atoms in total. The standard InChI is InChI=1S/C19H19ClO4/c1-3-12-23-13(2)19(22)24-17-10-8-15(9-11-17)14-4-6-16(7-5-14)18(20)21/h4-11,13H,3,12H2,1-2H3/t13-/m0/s1. The first-order chi connectivity index (χ1) is 11.5. The highest BCUT2D eigenvalue weighted by atomic mass is 35.5. The van der Waals surface area contributed by atoms with Crippen LogP contribution in [-0.4, -0.2) is 23.9 Å². The summed E-state index contributed by atoms with van der Waals surface area (Å²) in [5.74, 6) is 0.0458. The molecule has 0 aliphatic rings. The Bertz CT molecular complexity index is 692. The maximum atomic E-state index is 11.9. The third-order valence-corrected chi connectivity index (χ3v) is 3.64. The summed E-state index contributed by atoms with van der Waals surface area (Å²) in [6.07, 6.45) is 0.255. The van der Waals surface area contributed by atoms with Gasteiger partial charge >= 0.3 is 5.97 Å². The summed E-state index contributed by atoms with van der Waals surface area (Å²) < 4.78 is 10.6. The number of carbonyl (C=O) groups is 2. The summed E-state index contributed by atoms with van der Waals surface area (Å²) in [5, 5.41) is -0.483. The summed E-state index contributed by atoms with van der Waals surface area (Å²) in [6, 6.07) is 14.1. The van der Waals surface area contributed by atoms with Gasteiger partial charge in [0, 0.05) is 12.2 Å². The molecule has 2 aromatic carbocycles. The highest BCUT2D eigenvalue weighted by molar-refractivity contribution is 6.67. The first-order valence-corrected chi connectivity index (χ1v) is 8.12. The zero-order valence-corrected chi connectivity index (χ0v) is 14.4. The minimum absolute atomic E-state index is 0.416. The lowest BCUT2D eigenvalue weighted by Crippen LogP contribution is -2.26. The Morgan fingerprint density at radius 2 is 1.54 bits per heavy atom. The SMILES string of the molecule is CCCO[C@@H](C)C(=O)Oc1ccc(-c2ccc(C(=O)Cl)cc2)cc1. The Hall–Kier alpha value is -2.17. The number of hydrogen-bond donors (Lipinski definition) is 0. The summed E-state index contributed by atoms with van der Waals surface area (Å²) >= 11 is 5.43. The van der Waals surface area contributed by atoms with Crippen LogP contribution < -0.4 is 4.74 Å². The van der Waals surface area contributed by atoms with Crippen LogP contribution in [-0.2, 0) is 9.53 Å². The monoisotopic (exact) mass is 346 g/mol. The zero-order valence-electron chi connectivity index (χ0n) is 13.6. The van der Waals surface area contributed by atoms with Crippen LogP contribution in [0.2, 0.25) is 0 Å². The summed E-state index contributed by atoms with van der Waals surface area (Å²) in [7, 11) is 0. The quantitative estimate of drug-likeness (QED) is 0.422. The van der Waals surface area contributed by atoms with Gasteiger partial charge in [-0.05, 0) is 60.3 Å². The molecule has 0 aliphatic carbocycles. The number of ether oxygens (including phenoxy) is 2. The van der Waals surface area contributed by atoms with Crippen molar-refractivity contribution in [1.29, 1.82) is 0 Å². The fourth-order valence-corrected chi connectivity index (χ4v) is 2.20. The fourth-order valence-electron chi connectivity index (χ4n) is 2.07. The predicted octanol–water partition coefficient (Wildman–Crippen LogP) is 4.45. The third-order valence-electron chi connectivity index (χ3n) is 3.42. The molecule has 0 fully saturated rings. The van der Waals surface area contributed by atoms with Crippen molar-refractivity contribution >= 4 is 22.8 Å². The van der Waals surface area contributed by atoms with E-state index >= 15 is 0 Å². The van der Waals surface area contributed by atoms with Gasteiger partial charge in [-0.1, -0.05) is 31.2 Å². The van der Waals surface area contributed by atoms with Crippen molar-refractivity contribution in [3.05, 3.63) is 54.1 Å². The molecule has 0 saturated carbocycles. The maximum Gasteiger partial charge on any atom is 0.340 e. The van der Waals surface area contributed by atoms with Crippen LogP contribution in [0, 0.1) is 0 Å². The Balaban J connectivity index is 2.02. The number of carbonyl (C=O) groups excluding carboxylic acids is 2. The minimum atomic E-state index is -0.592. The molecule has 0 heterocycles. The number of hydrogen-bond acceptors (Lipinski definition) is 4. The van der Waals surface area contributed by atoms with Crippen molar-refractivity contribution < 1.29 is 19.1 Å². The van der Waals surface area contributed by atoms with Crippen molar-refractivity contribution in [2.75, 3.05) is 6.61 Å². The van der Waals surface area contributed by atoms with Gasteiger partial charge in [0.1, 0.15) is 5.75 Å². The van der Waals surface area contributed by atoms with E-state index in [0.29, 0.717) is 17.9 Å². The first-order valence-electron chi connectivity index (χ1n) is 7.75. The Labute approximate surface area is 146 Å². The minimum Gasteiger partial charge on any atom is -0.425 e. The van der Waals surface area contributed by atoms with Gasteiger partial charge in [0.05, 0.1) is 0 Å². The molecule has 0 aromatic heterocycles. The number of rotatable bonds is 7. The van der Waals surface area contributed by atoms with Gasteiger partial charge in [-0.2, -0.15) is 0 Å². The molecule has 0 radical (unpaired) electrons. The second-order valence-electron chi connectivity index (χ2n) is 5.31. The number of esters is 1. The average Bonchev–Trinajstić information content (AvgIpc) is 2.60. The third kappa shape index (κ3) is 4.91. The van der Waals surface area contributed by atoms with Crippen molar-refractivity contribution in [3.63, 3.8) is 0 Å². The van der Waals surface area contributed by atoms with Crippen LogP contribution in [0.5, 0.6) is 5.75 Å². The Morgan fingerprint density at radius 3 is 2.04 bits per heavy atom. The summed E-state index contributed by atoms with van der Waals surface area (Å²) in [6.45, 7) is 4.18. The molecule has 2 aromatic rings. The first kappa shape index (κ1) is 18.2. The van der Waals surface area contributed by atoms with Crippen LogP contribution in [0.4, 0.5) is 0 Å². The van der Waals surface area contributed by atoms with Crippen LogP contribution >= 0.6 is 11.6 Å². The normalized spacial score (nSPS) is 11.8.